The SMILES string of the molecule is CC(C)C(NC(N)=O)C(=O)N1CCCC(C(=O)O)C1. The van der Waals surface area contributed by atoms with Crippen molar-refractivity contribution in [1.29, 1.82) is 0 Å². The van der Waals surface area contributed by atoms with Crippen molar-refractivity contribution in [3.8, 4) is 0 Å². The van der Waals surface area contributed by atoms with Crippen molar-refractivity contribution in [3.63, 3.8) is 0 Å². The Hall–Kier alpha value is -1.79. The van der Waals surface area contributed by atoms with Crippen LogP contribution in [0, 0.1) is 11.8 Å². The van der Waals surface area contributed by atoms with E-state index in [1.807, 2.05) is 0 Å². The van der Waals surface area contributed by atoms with Gasteiger partial charge in [0.25, 0.3) is 0 Å². The molecule has 0 saturated carbocycles. The predicted molar refractivity (Wildman–Crippen MR) is 68.3 cm³/mol. The average molecular weight is 271 g/mol. The maximum Gasteiger partial charge on any atom is 0.312 e. The van der Waals surface area contributed by atoms with Gasteiger partial charge in [-0.25, -0.2) is 4.79 Å². The molecule has 0 radical (unpaired) electrons. The molecule has 1 saturated heterocycles. The zero-order valence-electron chi connectivity index (χ0n) is 11.3. The molecule has 0 aliphatic carbocycles. The van der Waals surface area contributed by atoms with Crippen LogP contribution in [-0.2, 0) is 9.59 Å². The highest BCUT2D eigenvalue weighted by molar-refractivity contribution is 5.87. The van der Waals surface area contributed by atoms with Gasteiger partial charge >= 0.3 is 12.0 Å². The molecular formula is C12H21N3O4. The van der Waals surface area contributed by atoms with Gasteiger partial charge in [-0.2, -0.15) is 0 Å². The van der Waals surface area contributed by atoms with Gasteiger partial charge < -0.3 is 21.1 Å². The summed E-state index contributed by atoms with van der Waals surface area (Å²) in [5.74, 6) is -1.79. The van der Waals surface area contributed by atoms with Crippen LogP contribution in [0.1, 0.15) is 26.7 Å². The van der Waals surface area contributed by atoms with Crippen LogP contribution in [0.25, 0.3) is 0 Å². The molecule has 1 aliphatic rings. The van der Waals surface area contributed by atoms with Crippen molar-refractivity contribution >= 4 is 17.9 Å². The number of carbonyl (C=O) groups excluding carboxylic acids is 2. The van der Waals surface area contributed by atoms with Gasteiger partial charge in [0.05, 0.1) is 5.92 Å². The zero-order valence-corrected chi connectivity index (χ0v) is 11.3. The number of carboxylic acid groups (broad SMARTS) is 1. The third-order valence-corrected chi connectivity index (χ3v) is 3.31. The predicted octanol–water partition coefficient (Wildman–Crippen LogP) is 0.00250. The second kappa shape index (κ2) is 6.40. The number of carbonyl (C=O) groups is 3. The number of hydrogen-bond acceptors (Lipinski definition) is 3. The van der Waals surface area contributed by atoms with Crippen LogP contribution in [0.15, 0.2) is 0 Å². The van der Waals surface area contributed by atoms with E-state index in [4.69, 9.17) is 10.8 Å². The molecule has 2 unspecified atom stereocenters. The molecule has 7 nitrogen and oxygen atoms in total. The number of urea groups is 1. The summed E-state index contributed by atoms with van der Waals surface area (Å²) in [6, 6.07) is -1.45. The number of aliphatic carboxylic acids is 1. The van der Waals surface area contributed by atoms with Crippen LogP contribution < -0.4 is 11.1 Å². The summed E-state index contributed by atoms with van der Waals surface area (Å²) in [7, 11) is 0. The number of nitrogens with one attached hydrogen (secondary N) is 1. The summed E-state index contributed by atoms with van der Waals surface area (Å²) in [6.45, 7) is 4.32. The van der Waals surface area contributed by atoms with E-state index in [-0.39, 0.29) is 18.4 Å². The molecule has 1 aliphatic heterocycles. The van der Waals surface area contributed by atoms with Gasteiger partial charge in [0.2, 0.25) is 5.91 Å². The zero-order chi connectivity index (χ0) is 14.6. The number of nitrogens with zero attached hydrogens (tertiary/aromatic N) is 1. The number of hydrogen-bond donors (Lipinski definition) is 3. The topological polar surface area (TPSA) is 113 Å². The Morgan fingerprint density at radius 3 is 2.47 bits per heavy atom. The average Bonchev–Trinajstić information content (AvgIpc) is 2.34. The Morgan fingerprint density at radius 1 is 1.37 bits per heavy atom. The highest BCUT2D eigenvalue weighted by atomic mass is 16.4. The van der Waals surface area contributed by atoms with Crippen LogP contribution in [0.5, 0.6) is 0 Å². The van der Waals surface area contributed by atoms with Crippen molar-refractivity contribution in [3.05, 3.63) is 0 Å². The van der Waals surface area contributed by atoms with Crippen molar-refractivity contribution in [2.24, 2.45) is 17.6 Å². The van der Waals surface area contributed by atoms with Gasteiger partial charge in [0.15, 0.2) is 0 Å². The van der Waals surface area contributed by atoms with E-state index in [1.54, 1.807) is 13.8 Å². The van der Waals surface area contributed by atoms with E-state index in [1.165, 1.54) is 4.90 Å². The van der Waals surface area contributed by atoms with Gasteiger partial charge in [0.1, 0.15) is 6.04 Å². The maximum atomic E-state index is 12.3. The summed E-state index contributed by atoms with van der Waals surface area (Å²) in [6.07, 6.45) is 1.23. The normalized spacial score (nSPS) is 21.0. The lowest BCUT2D eigenvalue weighted by Crippen LogP contribution is -2.55. The fourth-order valence-electron chi connectivity index (χ4n) is 2.24. The van der Waals surface area contributed by atoms with Crippen LogP contribution in [0.4, 0.5) is 4.79 Å². The molecule has 3 amide bonds. The first kappa shape index (κ1) is 15.3. The molecule has 108 valence electrons. The number of likely N-dealkylation sites (tertiary alicyclic amines) is 1. The molecule has 0 aromatic carbocycles. The Kier molecular flexibility index (Phi) is 5.14. The minimum absolute atomic E-state index is 0.106. The second-order valence-electron chi connectivity index (χ2n) is 5.19. The van der Waals surface area contributed by atoms with Crippen LogP contribution in [0.3, 0.4) is 0 Å². The van der Waals surface area contributed by atoms with E-state index in [2.05, 4.69) is 5.32 Å². The number of primary amides is 1. The molecule has 19 heavy (non-hydrogen) atoms. The summed E-state index contributed by atoms with van der Waals surface area (Å²) in [5, 5.41) is 11.4. The highest BCUT2D eigenvalue weighted by Crippen LogP contribution is 2.18. The molecule has 2 atom stereocenters. The molecule has 0 bridgehead atoms. The fraction of sp³-hybridized carbons (Fsp3) is 0.750. The third kappa shape index (κ3) is 4.11. The first-order chi connectivity index (χ1) is 8.82. The Labute approximate surface area is 112 Å². The number of piperidine rings is 1. The summed E-state index contributed by atoms with van der Waals surface area (Å²) in [4.78, 5) is 35.7. The maximum absolute atomic E-state index is 12.3. The lowest BCUT2D eigenvalue weighted by atomic mass is 9.96. The molecule has 1 rings (SSSR count). The molecular weight excluding hydrogens is 250 g/mol. The summed E-state index contributed by atoms with van der Waals surface area (Å²) in [5.41, 5.74) is 5.06. The van der Waals surface area contributed by atoms with E-state index in [0.29, 0.717) is 19.4 Å². The number of rotatable bonds is 4. The van der Waals surface area contributed by atoms with Gasteiger partial charge in [-0.05, 0) is 18.8 Å². The number of carboxylic acids is 1. The monoisotopic (exact) mass is 271 g/mol. The standard InChI is InChI=1S/C12H21N3O4/c1-7(2)9(14-12(13)19)10(16)15-5-3-4-8(6-15)11(17)18/h7-9H,3-6H2,1-2H3,(H,17,18)(H3,13,14,19). The lowest BCUT2D eigenvalue weighted by molar-refractivity contribution is -0.146. The minimum Gasteiger partial charge on any atom is -0.481 e. The van der Waals surface area contributed by atoms with Crippen LogP contribution >= 0.6 is 0 Å². The second-order valence-corrected chi connectivity index (χ2v) is 5.19. The molecule has 0 aromatic rings. The first-order valence-corrected chi connectivity index (χ1v) is 6.40. The van der Waals surface area contributed by atoms with E-state index in [9.17, 15) is 14.4 Å². The molecule has 7 heteroatoms. The summed E-state index contributed by atoms with van der Waals surface area (Å²) >= 11 is 0. The first-order valence-electron chi connectivity index (χ1n) is 6.40. The van der Waals surface area contributed by atoms with E-state index >= 15 is 0 Å². The highest BCUT2D eigenvalue weighted by Gasteiger charge is 2.33. The number of amides is 3. The fourth-order valence-corrected chi connectivity index (χ4v) is 2.24. The van der Waals surface area contributed by atoms with E-state index in [0.717, 1.165) is 0 Å². The van der Waals surface area contributed by atoms with Gasteiger partial charge in [-0.1, -0.05) is 13.8 Å². The Balaban J connectivity index is 2.73. The van der Waals surface area contributed by atoms with Crippen LogP contribution in [-0.4, -0.2) is 47.0 Å². The molecule has 0 aromatic heterocycles. The Morgan fingerprint density at radius 2 is 2.00 bits per heavy atom. The van der Waals surface area contributed by atoms with Gasteiger partial charge in [-0.15, -0.1) is 0 Å². The largest absolute Gasteiger partial charge is 0.481 e. The Bertz CT molecular complexity index is 370. The molecule has 1 fully saturated rings. The van der Waals surface area contributed by atoms with Crippen molar-refractivity contribution < 1.29 is 19.5 Å². The minimum atomic E-state index is -0.888. The van der Waals surface area contributed by atoms with Crippen molar-refractivity contribution in [2.75, 3.05) is 13.1 Å². The van der Waals surface area contributed by atoms with Crippen molar-refractivity contribution in [2.45, 2.75) is 32.7 Å². The third-order valence-electron chi connectivity index (χ3n) is 3.31. The molecule has 0 spiro atoms. The van der Waals surface area contributed by atoms with Gasteiger partial charge in [0, 0.05) is 13.1 Å². The summed E-state index contributed by atoms with van der Waals surface area (Å²) < 4.78 is 0. The van der Waals surface area contributed by atoms with Crippen LogP contribution in [0.2, 0.25) is 0 Å². The quantitative estimate of drug-likeness (QED) is 0.668. The lowest BCUT2D eigenvalue weighted by Gasteiger charge is -2.34. The molecule has 4 N–H and O–H groups in total. The van der Waals surface area contributed by atoms with E-state index < -0.39 is 24.0 Å². The number of nitrogens with two attached hydrogens (primary N) is 1. The smallest absolute Gasteiger partial charge is 0.312 e. The van der Waals surface area contributed by atoms with Gasteiger partial charge in [-0.3, -0.25) is 9.59 Å². The molecule has 1 heterocycles. The van der Waals surface area contributed by atoms with Crippen molar-refractivity contribution in [1.82, 2.24) is 10.2 Å².